The lowest BCUT2D eigenvalue weighted by atomic mass is 9.95. The van der Waals surface area contributed by atoms with E-state index in [0.29, 0.717) is 23.4 Å². The monoisotopic (exact) mass is 359 g/mol. The molecule has 1 aliphatic heterocycles. The number of nitrogens with one attached hydrogen (secondary N) is 1. The number of rotatable bonds is 4. The number of benzene rings is 2. The van der Waals surface area contributed by atoms with Gasteiger partial charge in [-0.05, 0) is 37.5 Å². The first-order chi connectivity index (χ1) is 12.0. The molecule has 5 heteroatoms. The number of hydrogen-bond donors (Lipinski definition) is 2. The van der Waals surface area contributed by atoms with Crippen LogP contribution in [0.1, 0.15) is 40.9 Å². The summed E-state index contributed by atoms with van der Waals surface area (Å²) >= 11 is 6.35. The van der Waals surface area contributed by atoms with Gasteiger partial charge < -0.3 is 15.2 Å². The Morgan fingerprint density at radius 2 is 2.08 bits per heavy atom. The number of aromatic hydroxyl groups is 1. The molecule has 3 rings (SSSR count). The van der Waals surface area contributed by atoms with Crippen LogP contribution in [0.15, 0.2) is 36.4 Å². The van der Waals surface area contributed by atoms with Crippen LogP contribution in [0, 0.1) is 0 Å². The molecule has 0 bridgehead atoms. The fourth-order valence-electron chi connectivity index (χ4n) is 3.17. The topological polar surface area (TPSA) is 58.6 Å². The molecule has 2 N–H and O–H groups in total. The summed E-state index contributed by atoms with van der Waals surface area (Å²) in [5.41, 5.74) is 2.82. The molecule has 0 aromatic heterocycles. The molecule has 1 amide bonds. The van der Waals surface area contributed by atoms with Crippen LogP contribution in [0.2, 0.25) is 5.02 Å². The molecule has 132 valence electrons. The summed E-state index contributed by atoms with van der Waals surface area (Å²) in [6.07, 6.45) is 1.40. The van der Waals surface area contributed by atoms with Crippen molar-refractivity contribution in [3.05, 3.63) is 63.7 Å². The maximum atomic E-state index is 12.6. The lowest BCUT2D eigenvalue weighted by Crippen LogP contribution is -2.34. The van der Waals surface area contributed by atoms with Crippen LogP contribution in [0.4, 0.5) is 0 Å². The number of hydrogen-bond acceptors (Lipinski definition) is 3. The average molecular weight is 360 g/mol. The van der Waals surface area contributed by atoms with Crippen LogP contribution in [0.5, 0.6) is 5.75 Å². The molecule has 0 fully saturated rings. The minimum Gasteiger partial charge on any atom is -0.507 e. The highest BCUT2D eigenvalue weighted by Crippen LogP contribution is 2.36. The van der Waals surface area contributed by atoms with Crippen molar-refractivity contribution in [3.63, 3.8) is 0 Å². The van der Waals surface area contributed by atoms with Gasteiger partial charge in [0, 0.05) is 23.0 Å². The lowest BCUT2D eigenvalue weighted by molar-refractivity contribution is 0.0396. The summed E-state index contributed by atoms with van der Waals surface area (Å²) in [6.45, 7) is 4.16. The molecule has 0 spiro atoms. The first-order valence-corrected chi connectivity index (χ1v) is 8.83. The fraction of sp³-hybridized carbons (Fsp3) is 0.350. The second-order valence-electron chi connectivity index (χ2n) is 6.60. The van der Waals surface area contributed by atoms with Gasteiger partial charge in [0.05, 0.1) is 18.3 Å². The van der Waals surface area contributed by atoms with E-state index in [0.717, 1.165) is 11.1 Å². The Kier molecular flexibility index (Phi) is 5.30. The summed E-state index contributed by atoms with van der Waals surface area (Å²) < 4.78 is 5.58. The van der Waals surface area contributed by atoms with Crippen molar-refractivity contribution in [1.82, 2.24) is 5.32 Å². The lowest BCUT2D eigenvalue weighted by Gasteiger charge is -2.25. The van der Waals surface area contributed by atoms with Crippen molar-refractivity contribution >= 4 is 17.5 Å². The maximum absolute atomic E-state index is 12.6. The van der Waals surface area contributed by atoms with Gasteiger partial charge in [0.15, 0.2) is 0 Å². The highest BCUT2D eigenvalue weighted by Gasteiger charge is 2.26. The van der Waals surface area contributed by atoms with Gasteiger partial charge in [-0.15, -0.1) is 0 Å². The van der Waals surface area contributed by atoms with E-state index >= 15 is 0 Å². The minimum absolute atomic E-state index is 0.0317. The number of ether oxygens (including phenoxy) is 1. The van der Waals surface area contributed by atoms with E-state index in [1.807, 2.05) is 44.2 Å². The molecule has 4 nitrogen and oxygen atoms in total. The van der Waals surface area contributed by atoms with Gasteiger partial charge in [-0.2, -0.15) is 0 Å². The van der Waals surface area contributed by atoms with Crippen molar-refractivity contribution in [1.29, 1.82) is 0 Å². The Morgan fingerprint density at radius 3 is 2.80 bits per heavy atom. The second kappa shape index (κ2) is 7.46. The molecule has 2 atom stereocenters. The number of phenols is 1. The normalized spacial score (nSPS) is 17.6. The van der Waals surface area contributed by atoms with Gasteiger partial charge in [0.2, 0.25) is 0 Å². The zero-order chi connectivity index (χ0) is 18.0. The van der Waals surface area contributed by atoms with Crippen molar-refractivity contribution in [3.8, 4) is 5.75 Å². The SMILES string of the molecule is C[C@@H]1Cc2c(Cl)cc(C(=O)N[C@@H](C)Cc3ccccc3)c(O)c2CO1. The summed E-state index contributed by atoms with van der Waals surface area (Å²) in [6, 6.07) is 11.4. The summed E-state index contributed by atoms with van der Waals surface area (Å²) in [5, 5.41) is 14.0. The standard InChI is InChI=1S/C20H22ClNO3/c1-12(8-14-6-4-3-5-7-14)22-20(24)16-10-18(21)15-9-13(2)25-11-17(15)19(16)23/h3-7,10,12-13,23H,8-9,11H2,1-2H3,(H,22,24)/t12-,13+/m0/s1. The van der Waals surface area contributed by atoms with E-state index in [-0.39, 0.29) is 36.0 Å². The van der Waals surface area contributed by atoms with Crippen LogP contribution in [-0.2, 0) is 24.2 Å². The molecule has 0 saturated carbocycles. The van der Waals surface area contributed by atoms with Gasteiger partial charge in [0.1, 0.15) is 5.75 Å². The minimum atomic E-state index is -0.329. The fourth-order valence-corrected chi connectivity index (χ4v) is 3.47. The smallest absolute Gasteiger partial charge is 0.255 e. The van der Waals surface area contributed by atoms with Crippen LogP contribution in [-0.4, -0.2) is 23.2 Å². The van der Waals surface area contributed by atoms with E-state index in [9.17, 15) is 9.90 Å². The predicted molar refractivity (Wildman–Crippen MR) is 98.1 cm³/mol. The van der Waals surface area contributed by atoms with Crippen molar-refractivity contribution in [2.45, 2.75) is 45.4 Å². The van der Waals surface area contributed by atoms with E-state index in [2.05, 4.69) is 5.32 Å². The Labute approximate surface area is 152 Å². The van der Waals surface area contributed by atoms with Crippen LogP contribution >= 0.6 is 11.6 Å². The Bertz CT molecular complexity index is 776. The van der Waals surface area contributed by atoms with Gasteiger partial charge in [0.25, 0.3) is 5.91 Å². The number of carbonyl (C=O) groups excluding carboxylic acids is 1. The predicted octanol–water partition coefficient (Wildman–Crippen LogP) is 3.87. The third kappa shape index (κ3) is 3.97. The van der Waals surface area contributed by atoms with Crippen molar-refractivity contribution in [2.24, 2.45) is 0 Å². The molecule has 0 aliphatic carbocycles. The zero-order valence-electron chi connectivity index (χ0n) is 14.4. The zero-order valence-corrected chi connectivity index (χ0v) is 15.1. The molecule has 0 saturated heterocycles. The van der Waals surface area contributed by atoms with Gasteiger partial charge in [-0.3, -0.25) is 4.79 Å². The number of carbonyl (C=O) groups is 1. The third-order valence-electron chi connectivity index (χ3n) is 4.48. The highest BCUT2D eigenvalue weighted by atomic mass is 35.5. The van der Waals surface area contributed by atoms with E-state index in [1.165, 1.54) is 0 Å². The Balaban J connectivity index is 1.77. The molecule has 1 aliphatic rings. The third-order valence-corrected chi connectivity index (χ3v) is 4.81. The number of phenolic OH excluding ortho intramolecular Hbond substituents is 1. The average Bonchev–Trinajstić information content (AvgIpc) is 2.58. The number of fused-ring (bicyclic) bond motifs is 1. The Morgan fingerprint density at radius 1 is 1.36 bits per heavy atom. The largest absolute Gasteiger partial charge is 0.507 e. The molecular formula is C20H22ClNO3. The van der Waals surface area contributed by atoms with Crippen LogP contribution in [0.25, 0.3) is 0 Å². The van der Waals surface area contributed by atoms with Gasteiger partial charge >= 0.3 is 0 Å². The molecule has 1 heterocycles. The highest BCUT2D eigenvalue weighted by molar-refractivity contribution is 6.32. The first-order valence-electron chi connectivity index (χ1n) is 8.45. The Hall–Kier alpha value is -2.04. The summed E-state index contributed by atoms with van der Waals surface area (Å²) in [7, 11) is 0. The maximum Gasteiger partial charge on any atom is 0.255 e. The van der Waals surface area contributed by atoms with E-state index < -0.39 is 0 Å². The molecule has 0 unspecified atom stereocenters. The molecule has 2 aromatic carbocycles. The summed E-state index contributed by atoms with van der Waals surface area (Å²) in [5.74, 6) is -0.361. The van der Waals surface area contributed by atoms with E-state index in [1.54, 1.807) is 6.07 Å². The van der Waals surface area contributed by atoms with Gasteiger partial charge in [-0.25, -0.2) is 0 Å². The molecule has 0 radical (unpaired) electrons. The number of halogens is 1. The first kappa shape index (κ1) is 17.8. The quantitative estimate of drug-likeness (QED) is 0.871. The molecule has 2 aromatic rings. The van der Waals surface area contributed by atoms with Crippen molar-refractivity contribution in [2.75, 3.05) is 0 Å². The second-order valence-corrected chi connectivity index (χ2v) is 7.01. The summed E-state index contributed by atoms with van der Waals surface area (Å²) in [4.78, 5) is 12.6. The molecular weight excluding hydrogens is 338 g/mol. The van der Waals surface area contributed by atoms with E-state index in [4.69, 9.17) is 16.3 Å². The van der Waals surface area contributed by atoms with Gasteiger partial charge in [-0.1, -0.05) is 41.9 Å². The van der Waals surface area contributed by atoms with Crippen molar-refractivity contribution < 1.29 is 14.6 Å². The molecule has 25 heavy (non-hydrogen) atoms. The number of amides is 1. The van der Waals surface area contributed by atoms with Crippen LogP contribution < -0.4 is 5.32 Å². The van der Waals surface area contributed by atoms with Crippen LogP contribution in [0.3, 0.4) is 0 Å².